The van der Waals surface area contributed by atoms with E-state index in [0.29, 0.717) is 0 Å². The maximum Gasteiger partial charge on any atom is 0.0350 e. The second-order valence-electron chi connectivity index (χ2n) is 1.40. The standard InChI is InChI=1S/C6H6OS.ClH/c7-8-6-4-2-1-3-5-6;/h1-5,7H;1H. The third-order valence-electron chi connectivity index (χ3n) is 0.849. The van der Waals surface area contributed by atoms with Crippen LogP contribution < -0.4 is 0 Å². The van der Waals surface area contributed by atoms with Crippen molar-refractivity contribution in [3.05, 3.63) is 30.3 Å². The Bertz CT molecular complexity index is 154. The molecule has 0 bridgehead atoms. The van der Waals surface area contributed by atoms with Crippen molar-refractivity contribution < 1.29 is 4.55 Å². The smallest absolute Gasteiger partial charge is 0.0350 e. The quantitative estimate of drug-likeness (QED) is 0.641. The van der Waals surface area contributed by atoms with Gasteiger partial charge < -0.3 is 4.55 Å². The highest BCUT2D eigenvalue weighted by Gasteiger charge is 1.82. The molecule has 50 valence electrons. The van der Waals surface area contributed by atoms with Crippen LogP contribution >= 0.6 is 24.4 Å². The predicted octanol–water partition coefficient (Wildman–Crippen LogP) is 2.67. The molecule has 0 aliphatic heterocycles. The van der Waals surface area contributed by atoms with Crippen molar-refractivity contribution in [2.24, 2.45) is 0 Å². The number of hydrogen-bond donors (Lipinski definition) is 1. The molecule has 0 unspecified atom stereocenters. The fraction of sp³-hybridized carbons (Fsp3) is 0. The van der Waals surface area contributed by atoms with Crippen molar-refractivity contribution in [1.29, 1.82) is 0 Å². The molecule has 0 heterocycles. The van der Waals surface area contributed by atoms with Crippen LogP contribution in [0.15, 0.2) is 35.2 Å². The Morgan fingerprint density at radius 2 is 1.67 bits per heavy atom. The molecule has 0 radical (unpaired) electrons. The van der Waals surface area contributed by atoms with E-state index in [2.05, 4.69) is 0 Å². The monoisotopic (exact) mass is 162 g/mol. The first kappa shape index (κ1) is 8.82. The van der Waals surface area contributed by atoms with Gasteiger partial charge in [0, 0.05) is 16.9 Å². The topological polar surface area (TPSA) is 20.2 Å². The second-order valence-corrected chi connectivity index (χ2v) is 2.06. The minimum atomic E-state index is 0. The van der Waals surface area contributed by atoms with Gasteiger partial charge in [0.15, 0.2) is 0 Å². The van der Waals surface area contributed by atoms with Crippen LogP contribution in [0.2, 0.25) is 0 Å². The Hall–Kier alpha value is -0.180. The molecule has 0 aliphatic rings. The van der Waals surface area contributed by atoms with Crippen LogP contribution in [0.4, 0.5) is 0 Å². The van der Waals surface area contributed by atoms with Crippen molar-refractivity contribution in [3.8, 4) is 0 Å². The summed E-state index contributed by atoms with van der Waals surface area (Å²) in [5, 5.41) is 0. The molecule has 0 aliphatic carbocycles. The molecule has 1 aromatic rings. The van der Waals surface area contributed by atoms with Gasteiger partial charge in [-0.05, 0) is 12.1 Å². The van der Waals surface area contributed by atoms with E-state index in [9.17, 15) is 0 Å². The summed E-state index contributed by atoms with van der Waals surface area (Å²) < 4.78 is 8.45. The summed E-state index contributed by atoms with van der Waals surface area (Å²) >= 11 is 0.769. The van der Waals surface area contributed by atoms with Crippen molar-refractivity contribution in [2.45, 2.75) is 4.90 Å². The van der Waals surface area contributed by atoms with Gasteiger partial charge in [0.2, 0.25) is 0 Å². The fourth-order valence-corrected chi connectivity index (χ4v) is 0.760. The molecule has 0 saturated carbocycles. The minimum absolute atomic E-state index is 0. The van der Waals surface area contributed by atoms with E-state index >= 15 is 0 Å². The molecular formula is C6H7ClOS. The van der Waals surface area contributed by atoms with Crippen LogP contribution in [0.5, 0.6) is 0 Å². The lowest BCUT2D eigenvalue weighted by Crippen LogP contribution is -1.63. The lowest BCUT2D eigenvalue weighted by Gasteiger charge is -1.87. The number of hydrogen-bond acceptors (Lipinski definition) is 2. The predicted molar refractivity (Wildman–Crippen MR) is 42.2 cm³/mol. The van der Waals surface area contributed by atoms with E-state index in [0.717, 1.165) is 16.9 Å². The first-order valence-corrected chi connectivity index (χ1v) is 3.07. The van der Waals surface area contributed by atoms with E-state index < -0.39 is 0 Å². The first-order valence-electron chi connectivity index (χ1n) is 2.30. The summed E-state index contributed by atoms with van der Waals surface area (Å²) in [6.07, 6.45) is 0. The highest BCUT2D eigenvalue weighted by molar-refractivity contribution is 7.93. The minimum Gasteiger partial charge on any atom is -0.325 e. The molecule has 1 aromatic carbocycles. The summed E-state index contributed by atoms with van der Waals surface area (Å²) in [6, 6.07) is 9.40. The average Bonchev–Trinajstić information content (AvgIpc) is 1.90. The van der Waals surface area contributed by atoms with Gasteiger partial charge in [-0.1, -0.05) is 18.2 Å². The molecule has 0 atom stereocenters. The van der Waals surface area contributed by atoms with Gasteiger partial charge in [-0.15, -0.1) is 12.4 Å². The fourth-order valence-electron chi connectivity index (χ4n) is 0.481. The van der Waals surface area contributed by atoms with Crippen LogP contribution in [0, 0.1) is 0 Å². The summed E-state index contributed by atoms with van der Waals surface area (Å²) in [5.74, 6) is 0. The molecule has 0 amide bonds. The molecular weight excluding hydrogens is 156 g/mol. The largest absolute Gasteiger partial charge is 0.325 e. The van der Waals surface area contributed by atoms with Crippen molar-refractivity contribution in [2.75, 3.05) is 0 Å². The maximum absolute atomic E-state index is 8.45. The van der Waals surface area contributed by atoms with Crippen LogP contribution in [-0.4, -0.2) is 4.55 Å². The van der Waals surface area contributed by atoms with Crippen molar-refractivity contribution >= 4 is 24.4 Å². The molecule has 0 saturated heterocycles. The average molecular weight is 163 g/mol. The van der Waals surface area contributed by atoms with Gasteiger partial charge in [0.05, 0.1) is 0 Å². The van der Waals surface area contributed by atoms with Gasteiger partial charge in [-0.2, -0.15) is 0 Å². The molecule has 0 fully saturated rings. The summed E-state index contributed by atoms with van der Waals surface area (Å²) in [7, 11) is 0. The highest BCUT2D eigenvalue weighted by atomic mass is 35.5. The zero-order valence-corrected chi connectivity index (χ0v) is 6.28. The van der Waals surface area contributed by atoms with Crippen LogP contribution in [0.3, 0.4) is 0 Å². The third-order valence-corrected chi connectivity index (χ3v) is 1.33. The Balaban J connectivity index is 0.000000640. The summed E-state index contributed by atoms with van der Waals surface area (Å²) in [4.78, 5) is 0.882. The maximum atomic E-state index is 8.45. The number of benzene rings is 1. The van der Waals surface area contributed by atoms with E-state index in [4.69, 9.17) is 4.55 Å². The normalized spacial score (nSPS) is 8.11. The SMILES string of the molecule is Cl.OSc1ccccc1. The van der Waals surface area contributed by atoms with E-state index in [1.165, 1.54) is 0 Å². The third kappa shape index (κ3) is 2.75. The molecule has 0 spiro atoms. The molecule has 0 aromatic heterocycles. The molecule has 1 nitrogen and oxygen atoms in total. The molecule has 1 rings (SSSR count). The number of rotatable bonds is 1. The molecule has 3 heteroatoms. The highest BCUT2D eigenvalue weighted by Crippen LogP contribution is 2.10. The molecule has 1 N–H and O–H groups in total. The van der Waals surface area contributed by atoms with Gasteiger partial charge in [-0.25, -0.2) is 0 Å². The van der Waals surface area contributed by atoms with Gasteiger partial charge in [0.1, 0.15) is 0 Å². The first-order chi connectivity index (χ1) is 3.93. The van der Waals surface area contributed by atoms with Crippen LogP contribution in [0.25, 0.3) is 0 Å². The molecule has 9 heavy (non-hydrogen) atoms. The lowest BCUT2D eigenvalue weighted by molar-refractivity contribution is 0.664. The van der Waals surface area contributed by atoms with Gasteiger partial charge in [-0.3, -0.25) is 0 Å². The zero-order chi connectivity index (χ0) is 5.82. The van der Waals surface area contributed by atoms with E-state index in [-0.39, 0.29) is 12.4 Å². The number of halogens is 1. The van der Waals surface area contributed by atoms with Crippen molar-refractivity contribution in [3.63, 3.8) is 0 Å². The Morgan fingerprint density at radius 1 is 1.11 bits per heavy atom. The summed E-state index contributed by atoms with van der Waals surface area (Å²) in [5.41, 5.74) is 0. The van der Waals surface area contributed by atoms with Crippen LogP contribution in [0.1, 0.15) is 0 Å². The van der Waals surface area contributed by atoms with Gasteiger partial charge >= 0.3 is 0 Å². The Labute approximate surface area is 64.7 Å². The van der Waals surface area contributed by atoms with Gasteiger partial charge in [0.25, 0.3) is 0 Å². The summed E-state index contributed by atoms with van der Waals surface area (Å²) in [6.45, 7) is 0. The Morgan fingerprint density at radius 3 is 2.00 bits per heavy atom. The lowest BCUT2D eigenvalue weighted by atomic mass is 10.4. The van der Waals surface area contributed by atoms with E-state index in [1.54, 1.807) is 0 Å². The van der Waals surface area contributed by atoms with Crippen LogP contribution in [-0.2, 0) is 0 Å². The zero-order valence-electron chi connectivity index (χ0n) is 4.65. The Kier molecular flexibility index (Phi) is 4.58. The second kappa shape index (κ2) is 4.68. The van der Waals surface area contributed by atoms with E-state index in [1.807, 2.05) is 30.3 Å². The van der Waals surface area contributed by atoms with Crippen molar-refractivity contribution in [1.82, 2.24) is 0 Å².